The highest BCUT2D eigenvalue weighted by Gasteiger charge is 2.15. The minimum Gasteiger partial charge on any atom is -0.497 e. The quantitative estimate of drug-likeness (QED) is 0.396. The molecule has 0 N–H and O–H groups in total. The van der Waals surface area contributed by atoms with Crippen LogP contribution >= 0.6 is 11.3 Å². The Kier molecular flexibility index (Phi) is 5.94. The summed E-state index contributed by atoms with van der Waals surface area (Å²) in [4.78, 5) is 5.89. The van der Waals surface area contributed by atoms with E-state index in [0.717, 1.165) is 52.0 Å². The molecule has 0 unspecified atom stereocenters. The highest BCUT2D eigenvalue weighted by Crippen LogP contribution is 2.34. The van der Waals surface area contributed by atoms with Crippen LogP contribution in [0.1, 0.15) is 5.56 Å². The first kappa shape index (κ1) is 20.4. The molecule has 0 radical (unpaired) electrons. The van der Waals surface area contributed by atoms with Gasteiger partial charge in [-0.05, 0) is 54.4 Å². The lowest BCUT2D eigenvalue weighted by Gasteiger charge is -2.19. The number of benzene rings is 3. The summed E-state index contributed by atoms with van der Waals surface area (Å²) < 4.78 is 19.1. The fourth-order valence-corrected chi connectivity index (χ4v) is 4.68. The molecule has 0 bridgehead atoms. The summed E-state index contributed by atoms with van der Waals surface area (Å²) >= 11 is 1.64. The van der Waals surface area contributed by atoms with Gasteiger partial charge in [0.25, 0.3) is 0 Å². The summed E-state index contributed by atoms with van der Waals surface area (Å²) in [5.74, 6) is 2.42. The van der Waals surface area contributed by atoms with Gasteiger partial charge in [-0.1, -0.05) is 30.3 Å². The van der Waals surface area contributed by atoms with Crippen molar-refractivity contribution >= 4 is 17.0 Å². The molecule has 1 aliphatic rings. The average molecular weight is 445 g/mol. The normalized spacial score (nSPS) is 13.2. The van der Waals surface area contributed by atoms with E-state index in [1.165, 1.54) is 5.56 Å². The van der Waals surface area contributed by atoms with Crippen molar-refractivity contribution in [3.63, 3.8) is 0 Å². The third-order valence-corrected chi connectivity index (χ3v) is 6.26. The van der Waals surface area contributed by atoms with Crippen LogP contribution in [-0.2, 0) is 13.0 Å². The van der Waals surface area contributed by atoms with Crippen molar-refractivity contribution in [2.75, 3.05) is 20.3 Å². The lowest BCUT2D eigenvalue weighted by atomic mass is 10.1. The Balaban J connectivity index is 1.54. The van der Waals surface area contributed by atoms with Gasteiger partial charge in [-0.15, -0.1) is 11.3 Å². The van der Waals surface area contributed by atoms with Crippen LogP contribution in [0.3, 0.4) is 0 Å². The van der Waals surface area contributed by atoms with Crippen LogP contribution < -0.4 is 19.0 Å². The Morgan fingerprint density at radius 1 is 0.938 bits per heavy atom. The first-order valence-electron chi connectivity index (χ1n) is 10.6. The number of methoxy groups -OCH3 is 1. The molecular weight excluding hydrogens is 420 g/mol. The van der Waals surface area contributed by atoms with Crippen molar-refractivity contribution in [2.24, 2.45) is 4.99 Å². The van der Waals surface area contributed by atoms with Crippen LogP contribution in [0, 0.1) is 0 Å². The van der Waals surface area contributed by atoms with Gasteiger partial charge in [-0.3, -0.25) is 0 Å². The van der Waals surface area contributed by atoms with Crippen molar-refractivity contribution in [2.45, 2.75) is 13.0 Å². The maximum Gasteiger partial charge on any atom is 0.190 e. The molecule has 0 spiro atoms. The number of aryl methyl sites for hydroxylation is 1. The number of rotatable bonds is 6. The van der Waals surface area contributed by atoms with E-state index in [1.54, 1.807) is 18.4 Å². The fraction of sp³-hybridized carbons (Fsp3) is 0.192. The van der Waals surface area contributed by atoms with E-state index in [0.29, 0.717) is 13.2 Å². The number of hydrogen-bond acceptors (Lipinski definition) is 5. The summed E-state index contributed by atoms with van der Waals surface area (Å²) in [5.41, 5.74) is 4.41. The van der Waals surface area contributed by atoms with Gasteiger partial charge in [-0.2, -0.15) is 0 Å². The molecule has 0 saturated carbocycles. The topological polar surface area (TPSA) is 45.0 Å². The highest BCUT2D eigenvalue weighted by atomic mass is 32.1. The van der Waals surface area contributed by atoms with Crippen LogP contribution in [0.2, 0.25) is 0 Å². The van der Waals surface area contributed by atoms with E-state index < -0.39 is 0 Å². The molecule has 1 aromatic heterocycles. The summed E-state index contributed by atoms with van der Waals surface area (Å²) in [6.07, 6.45) is 0.922. The van der Waals surface area contributed by atoms with Crippen LogP contribution in [-0.4, -0.2) is 24.9 Å². The Morgan fingerprint density at radius 3 is 2.50 bits per heavy atom. The lowest BCUT2D eigenvalue weighted by molar-refractivity contribution is 0.171. The van der Waals surface area contributed by atoms with Gasteiger partial charge < -0.3 is 18.8 Å². The zero-order valence-electron chi connectivity index (χ0n) is 17.9. The molecule has 0 saturated heterocycles. The average Bonchev–Trinajstić information content (AvgIpc) is 3.25. The Bertz CT molecular complexity index is 1260. The van der Waals surface area contributed by atoms with Gasteiger partial charge >= 0.3 is 0 Å². The van der Waals surface area contributed by atoms with Gasteiger partial charge in [0, 0.05) is 17.5 Å². The molecule has 2 heterocycles. The molecule has 0 amide bonds. The SMILES string of the molecule is COc1ccc(N=c2scc(-c3ccc4c(c3)OCCO4)n2CCc2ccccc2)cc1. The molecule has 0 atom stereocenters. The van der Waals surface area contributed by atoms with E-state index in [4.69, 9.17) is 19.2 Å². The number of thiazole rings is 1. The van der Waals surface area contributed by atoms with E-state index in [1.807, 2.05) is 36.4 Å². The second-order valence-corrected chi connectivity index (χ2v) is 8.30. The summed E-state index contributed by atoms with van der Waals surface area (Å²) in [7, 11) is 1.67. The van der Waals surface area contributed by atoms with Crippen molar-refractivity contribution in [3.8, 4) is 28.5 Å². The van der Waals surface area contributed by atoms with Crippen LogP contribution in [0.5, 0.6) is 17.2 Å². The zero-order chi connectivity index (χ0) is 21.8. The minimum absolute atomic E-state index is 0.576. The summed E-state index contributed by atoms with van der Waals surface area (Å²) in [5, 5.41) is 2.17. The molecular formula is C26H24N2O3S. The summed E-state index contributed by atoms with van der Waals surface area (Å²) in [6, 6.07) is 24.5. The van der Waals surface area contributed by atoms with Gasteiger partial charge in [0.05, 0.1) is 18.5 Å². The molecule has 32 heavy (non-hydrogen) atoms. The molecule has 162 valence electrons. The largest absolute Gasteiger partial charge is 0.497 e. The molecule has 0 aliphatic carbocycles. The first-order valence-corrected chi connectivity index (χ1v) is 11.5. The minimum atomic E-state index is 0.576. The molecule has 4 aromatic rings. The summed E-state index contributed by atoms with van der Waals surface area (Å²) in [6.45, 7) is 1.99. The number of aromatic nitrogens is 1. The highest BCUT2D eigenvalue weighted by molar-refractivity contribution is 7.07. The van der Waals surface area contributed by atoms with Crippen molar-refractivity contribution in [1.82, 2.24) is 4.57 Å². The predicted molar refractivity (Wildman–Crippen MR) is 127 cm³/mol. The van der Waals surface area contributed by atoms with E-state index >= 15 is 0 Å². The van der Waals surface area contributed by atoms with E-state index in [-0.39, 0.29) is 0 Å². The molecule has 3 aromatic carbocycles. The Hall–Kier alpha value is -3.51. The van der Waals surface area contributed by atoms with Gasteiger partial charge in [0.15, 0.2) is 16.3 Å². The molecule has 6 heteroatoms. The number of nitrogens with zero attached hydrogens (tertiary/aromatic N) is 2. The second kappa shape index (κ2) is 9.32. The monoisotopic (exact) mass is 444 g/mol. The van der Waals surface area contributed by atoms with Gasteiger partial charge in [-0.25, -0.2) is 4.99 Å². The molecule has 0 fully saturated rings. The smallest absolute Gasteiger partial charge is 0.190 e. The molecule has 5 nitrogen and oxygen atoms in total. The zero-order valence-corrected chi connectivity index (χ0v) is 18.7. The third-order valence-electron chi connectivity index (χ3n) is 5.40. The van der Waals surface area contributed by atoms with Crippen LogP contribution in [0.25, 0.3) is 11.3 Å². The van der Waals surface area contributed by atoms with Gasteiger partial charge in [0.1, 0.15) is 19.0 Å². The van der Waals surface area contributed by atoms with Crippen molar-refractivity contribution < 1.29 is 14.2 Å². The van der Waals surface area contributed by atoms with Crippen molar-refractivity contribution in [3.05, 3.63) is 88.5 Å². The third kappa shape index (κ3) is 4.41. The first-order chi connectivity index (χ1) is 15.8. The number of hydrogen-bond donors (Lipinski definition) is 0. The Labute approximate surface area is 191 Å². The number of ether oxygens (including phenoxy) is 3. The van der Waals surface area contributed by atoms with E-state index in [2.05, 4.69) is 46.3 Å². The fourth-order valence-electron chi connectivity index (χ4n) is 3.72. The Morgan fingerprint density at radius 2 is 1.72 bits per heavy atom. The van der Waals surface area contributed by atoms with E-state index in [9.17, 15) is 0 Å². The molecule has 5 rings (SSSR count). The lowest BCUT2D eigenvalue weighted by Crippen LogP contribution is -2.18. The predicted octanol–water partition coefficient (Wildman–Crippen LogP) is 5.47. The van der Waals surface area contributed by atoms with Crippen LogP contribution in [0.15, 0.2) is 83.2 Å². The maximum atomic E-state index is 5.81. The number of fused-ring (bicyclic) bond motifs is 1. The van der Waals surface area contributed by atoms with Crippen LogP contribution in [0.4, 0.5) is 5.69 Å². The van der Waals surface area contributed by atoms with Gasteiger partial charge in [0.2, 0.25) is 0 Å². The second-order valence-electron chi connectivity index (χ2n) is 7.46. The molecule has 1 aliphatic heterocycles. The van der Waals surface area contributed by atoms with Crippen molar-refractivity contribution in [1.29, 1.82) is 0 Å². The maximum absolute atomic E-state index is 5.81. The standard InChI is InChI=1S/C26H24N2O3S/c1-29-22-10-8-21(9-11-22)27-26-28(14-13-19-5-3-2-4-6-19)23(18-32-26)20-7-12-24-25(17-20)31-16-15-30-24/h2-12,17-18H,13-16H2,1H3.